The third-order valence-corrected chi connectivity index (χ3v) is 4.60. The minimum absolute atomic E-state index is 0.598. The maximum atomic E-state index is 6.32. The Morgan fingerprint density at radius 3 is 2.67 bits per heavy atom. The van der Waals surface area contributed by atoms with E-state index in [1.807, 2.05) is 19.1 Å². The van der Waals surface area contributed by atoms with Crippen LogP contribution < -0.4 is 10.1 Å². The summed E-state index contributed by atoms with van der Waals surface area (Å²) in [6.07, 6.45) is 6.04. The molecule has 1 unspecified atom stereocenters. The van der Waals surface area contributed by atoms with Crippen molar-refractivity contribution >= 4 is 23.2 Å². The SMILES string of the molecule is CCOc1cc(Cl)c(CCC(C)CCNC2CC2)cc1Cl. The summed E-state index contributed by atoms with van der Waals surface area (Å²) in [6, 6.07) is 4.59. The molecule has 0 heterocycles. The maximum absolute atomic E-state index is 6.32. The predicted octanol–water partition coefficient (Wildman–Crippen LogP) is 5.10. The molecule has 118 valence electrons. The molecule has 1 aliphatic carbocycles. The Bertz CT molecular complexity index is 460. The van der Waals surface area contributed by atoms with E-state index in [1.54, 1.807) is 0 Å². The molecule has 2 nitrogen and oxygen atoms in total. The van der Waals surface area contributed by atoms with E-state index in [1.165, 1.54) is 19.3 Å². The summed E-state index contributed by atoms with van der Waals surface area (Å²) < 4.78 is 5.45. The highest BCUT2D eigenvalue weighted by Gasteiger charge is 2.20. The van der Waals surface area contributed by atoms with E-state index in [9.17, 15) is 0 Å². The summed E-state index contributed by atoms with van der Waals surface area (Å²) >= 11 is 12.6. The van der Waals surface area contributed by atoms with Gasteiger partial charge in [0, 0.05) is 17.1 Å². The number of halogens is 2. The topological polar surface area (TPSA) is 21.3 Å². The van der Waals surface area contributed by atoms with Gasteiger partial charge in [0.1, 0.15) is 5.75 Å². The van der Waals surface area contributed by atoms with Crippen molar-refractivity contribution in [2.45, 2.75) is 52.0 Å². The van der Waals surface area contributed by atoms with E-state index < -0.39 is 0 Å². The van der Waals surface area contributed by atoms with Crippen LogP contribution >= 0.6 is 23.2 Å². The van der Waals surface area contributed by atoms with Gasteiger partial charge in [-0.1, -0.05) is 30.1 Å². The highest BCUT2D eigenvalue weighted by Crippen LogP contribution is 2.32. The van der Waals surface area contributed by atoms with Crippen LogP contribution in [0.1, 0.15) is 45.1 Å². The Morgan fingerprint density at radius 1 is 1.24 bits per heavy atom. The molecule has 0 aliphatic heterocycles. The predicted molar refractivity (Wildman–Crippen MR) is 90.8 cm³/mol. The largest absolute Gasteiger partial charge is 0.492 e. The lowest BCUT2D eigenvalue weighted by atomic mass is 9.98. The second-order valence-electron chi connectivity index (χ2n) is 5.97. The summed E-state index contributed by atoms with van der Waals surface area (Å²) in [5, 5.41) is 4.97. The molecule has 0 saturated heterocycles. The van der Waals surface area contributed by atoms with E-state index in [-0.39, 0.29) is 0 Å². The number of ether oxygens (including phenoxy) is 1. The van der Waals surface area contributed by atoms with Crippen LogP contribution in [0.5, 0.6) is 5.75 Å². The smallest absolute Gasteiger partial charge is 0.139 e. The lowest BCUT2D eigenvalue weighted by molar-refractivity contribution is 0.340. The highest BCUT2D eigenvalue weighted by molar-refractivity contribution is 6.34. The normalized spacial score (nSPS) is 16.0. The third-order valence-electron chi connectivity index (χ3n) is 3.95. The summed E-state index contributed by atoms with van der Waals surface area (Å²) in [5.74, 6) is 1.37. The number of nitrogens with one attached hydrogen (secondary N) is 1. The molecule has 0 aromatic heterocycles. The Labute approximate surface area is 138 Å². The molecule has 1 aromatic carbocycles. The van der Waals surface area contributed by atoms with Crippen molar-refractivity contribution in [2.24, 2.45) is 5.92 Å². The maximum Gasteiger partial charge on any atom is 0.139 e. The van der Waals surface area contributed by atoms with Gasteiger partial charge in [0.2, 0.25) is 0 Å². The minimum atomic E-state index is 0.598. The zero-order valence-corrected chi connectivity index (χ0v) is 14.4. The first-order valence-corrected chi connectivity index (χ1v) is 8.69. The second-order valence-corrected chi connectivity index (χ2v) is 6.78. The van der Waals surface area contributed by atoms with Crippen LogP contribution in [0.3, 0.4) is 0 Å². The molecule has 0 spiro atoms. The van der Waals surface area contributed by atoms with Crippen molar-refractivity contribution < 1.29 is 4.74 Å². The summed E-state index contributed by atoms with van der Waals surface area (Å²) in [6.45, 7) is 5.97. The number of benzene rings is 1. The average molecular weight is 330 g/mol. The van der Waals surface area contributed by atoms with Crippen molar-refractivity contribution in [1.82, 2.24) is 5.32 Å². The highest BCUT2D eigenvalue weighted by atomic mass is 35.5. The van der Waals surface area contributed by atoms with Crippen LogP contribution in [0, 0.1) is 5.92 Å². The fourth-order valence-corrected chi connectivity index (χ4v) is 2.88. The Hall–Kier alpha value is -0.440. The van der Waals surface area contributed by atoms with E-state index >= 15 is 0 Å². The molecule has 1 aliphatic rings. The number of rotatable bonds is 9. The zero-order chi connectivity index (χ0) is 15.2. The molecule has 0 bridgehead atoms. The van der Waals surface area contributed by atoms with Crippen molar-refractivity contribution in [2.75, 3.05) is 13.2 Å². The Kier molecular flexibility index (Phi) is 6.66. The standard InChI is InChI=1S/C17H25Cl2NO/c1-3-21-17-11-15(18)13(10-16(17)19)5-4-12(2)8-9-20-14-6-7-14/h10-12,14,20H,3-9H2,1-2H3. The Morgan fingerprint density at radius 2 is 2.00 bits per heavy atom. The number of hydrogen-bond acceptors (Lipinski definition) is 2. The quantitative estimate of drug-likeness (QED) is 0.680. The van der Waals surface area contributed by atoms with Gasteiger partial charge in [-0.05, 0) is 63.1 Å². The first-order valence-electron chi connectivity index (χ1n) is 7.94. The molecule has 0 amide bonds. The van der Waals surface area contributed by atoms with E-state index in [0.29, 0.717) is 23.3 Å². The molecule has 1 N–H and O–H groups in total. The first-order chi connectivity index (χ1) is 10.1. The van der Waals surface area contributed by atoms with Crippen LogP contribution in [-0.2, 0) is 6.42 Å². The van der Waals surface area contributed by atoms with Crippen LogP contribution in [-0.4, -0.2) is 19.2 Å². The summed E-state index contributed by atoms with van der Waals surface area (Å²) in [7, 11) is 0. The lowest BCUT2D eigenvalue weighted by Crippen LogP contribution is -2.19. The zero-order valence-electron chi connectivity index (χ0n) is 12.9. The minimum Gasteiger partial charge on any atom is -0.492 e. The van der Waals surface area contributed by atoms with Gasteiger partial charge in [-0.25, -0.2) is 0 Å². The molecular formula is C17H25Cl2NO. The molecule has 2 rings (SSSR count). The Balaban J connectivity index is 1.79. The van der Waals surface area contributed by atoms with Gasteiger partial charge in [0.05, 0.1) is 11.6 Å². The van der Waals surface area contributed by atoms with Gasteiger partial charge in [0.25, 0.3) is 0 Å². The van der Waals surface area contributed by atoms with Crippen molar-refractivity contribution in [3.63, 3.8) is 0 Å². The van der Waals surface area contributed by atoms with Gasteiger partial charge in [-0.3, -0.25) is 0 Å². The van der Waals surface area contributed by atoms with Gasteiger partial charge in [-0.15, -0.1) is 0 Å². The van der Waals surface area contributed by atoms with Gasteiger partial charge in [0.15, 0.2) is 0 Å². The molecule has 4 heteroatoms. The van der Waals surface area contributed by atoms with Crippen molar-refractivity contribution in [1.29, 1.82) is 0 Å². The molecule has 21 heavy (non-hydrogen) atoms. The van der Waals surface area contributed by atoms with Crippen molar-refractivity contribution in [3.8, 4) is 5.75 Å². The first kappa shape index (κ1) is 16.9. The second kappa shape index (κ2) is 8.26. The van der Waals surface area contributed by atoms with Gasteiger partial charge < -0.3 is 10.1 Å². The van der Waals surface area contributed by atoms with E-state index in [4.69, 9.17) is 27.9 Å². The molecular weight excluding hydrogens is 305 g/mol. The molecule has 1 fully saturated rings. The van der Waals surface area contributed by atoms with Crippen molar-refractivity contribution in [3.05, 3.63) is 27.7 Å². The summed E-state index contributed by atoms with van der Waals surface area (Å²) in [4.78, 5) is 0. The average Bonchev–Trinajstić information content (AvgIpc) is 3.25. The molecule has 1 atom stereocenters. The fourth-order valence-electron chi connectivity index (χ4n) is 2.40. The van der Waals surface area contributed by atoms with Gasteiger partial charge >= 0.3 is 0 Å². The number of hydrogen-bond donors (Lipinski definition) is 1. The van der Waals surface area contributed by atoms with Crippen LogP contribution in [0.2, 0.25) is 10.0 Å². The third kappa shape index (κ3) is 5.69. The van der Waals surface area contributed by atoms with E-state index in [0.717, 1.165) is 36.0 Å². The molecule has 1 saturated carbocycles. The lowest BCUT2D eigenvalue weighted by Gasteiger charge is -2.14. The fraction of sp³-hybridized carbons (Fsp3) is 0.647. The monoisotopic (exact) mass is 329 g/mol. The number of aryl methyl sites for hydroxylation is 1. The van der Waals surface area contributed by atoms with Crippen LogP contribution in [0.4, 0.5) is 0 Å². The molecule has 1 aromatic rings. The summed E-state index contributed by atoms with van der Waals surface area (Å²) in [5.41, 5.74) is 1.12. The molecule has 0 radical (unpaired) electrons. The van der Waals surface area contributed by atoms with E-state index in [2.05, 4.69) is 12.2 Å². The van der Waals surface area contributed by atoms with Gasteiger partial charge in [-0.2, -0.15) is 0 Å². The van der Waals surface area contributed by atoms with Crippen LogP contribution in [0.25, 0.3) is 0 Å². The van der Waals surface area contributed by atoms with Crippen LogP contribution in [0.15, 0.2) is 12.1 Å².